The Morgan fingerprint density at radius 3 is 2.23 bits per heavy atom. The molecule has 1 radical (unpaired) electrons. The molecule has 0 bridgehead atoms. The lowest BCUT2D eigenvalue weighted by Crippen LogP contribution is -1.74. The predicted octanol–water partition coefficient (Wildman–Crippen LogP) is 4.45. The van der Waals surface area contributed by atoms with Crippen LogP contribution in [-0.2, 0) is 0 Å². The fourth-order valence-electron chi connectivity index (χ4n) is 1.16. The van der Waals surface area contributed by atoms with Gasteiger partial charge in [0.05, 0.1) is 0 Å². The maximum Gasteiger partial charge on any atom is -0.0313 e. The SMILES string of the molecule is [CH]=CCCC=CCCCCCC=C. The van der Waals surface area contributed by atoms with Crippen molar-refractivity contribution in [2.75, 3.05) is 0 Å². The van der Waals surface area contributed by atoms with Crippen molar-refractivity contribution < 1.29 is 0 Å². The van der Waals surface area contributed by atoms with Crippen LogP contribution in [0.15, 0.2) is 30.9 Å². The highest BCUT2D eigenvalue weighted by Crippen LogP contribution is 2.04. The van der Waals surface area contributed by atoms with E-state index >= 15 is 0 Å². The molecule has 0 aliphatic heterocycles. The molecule has 0 atom stereocenters. The summed E-state index contributed by atoms with van der Waals surface area (Å²) in [5.41, 5.74) is 0. The molecule has 0 fully saturated rings. The number of rotatable bonds is 9. The third-order valence-electron chi connectivity index (χ3n) is 1.95. The normalized spacial score (nSPS) is 10.5. The van der Waals surface area contributed by atoms with Crippen LogP contribution in [0.1, 0.15) is 44.9 Å². The van der Waals surface area contributed by atoms with Gasteiger partial charge in [-0.15, -0.1) is 6.58 Å². The van der Waals surface area contributed by atoms with E-state index in [0.29, 0.717) is 0 Å². The zero-order valence-electron chi connectivity index (χ0n) is 8.54. The van der Waals surface area contributed by atoms with Gasteiger partial charge in [-0.25, -0.2) is 0 Å². The zero-order chi connectivity index (χ0) is 9.78. The zero-order valence-corrected chi connectivity index (χ0v) is 8.54. The smallest absolute Gasteiger partial charge is 0.0313 e. The molecule has 0 unspecified atom stereocenters. The molecule has 0 aliphatic carbocycles. The molecule has 0 heteroatoms. The Labute approximate surface area is 83.0 Å². The van der Waals surface area contributed by atoms with E-state index in [2.05, 4.69) is 18.7 Å². The molecule has 0 spiro atoms. The molecule has 0 aliphatic rings. The molecule has 0 aromatic carbocycles. The molecule has 0 amide bonds. The van der Waals surface area contributed by atoms with Crippen LogP contribution in [0.2, 0.25) is 0 Å². The van der Waals surface area contributed by atoms with Gasteiger partial charge in [-0.1, -0.05) is 37.3 Å². The molecule has 73 valence electrons. The van der Waals surface area contributed by atoms with Crippen molar-refractivity contribution >= 4 is 0 Å². The van der Waals surface area contributed by atoms with Crippen molar-refractivity contribution in [3.05, 3.63) is 37.5 Å². The Hall–Kier alpha value is -0.780. The van der Waals surface area contributed by atoms with Gasteiger partial charge < -0.3 is 0 Å². The summed E-state index contributed by atoms with van der Waals surface area (Å²) in [6.07, 6.45) is 16.5. The largest absolute Gasteiger partial charge is 0.103 e. The molecule has 0 aromatic rings. The van der Waals surface area contributed by atoms with Gasteiger partial charge in [-0.2, -0.15) is 0 Å². The highest BCUT2D eigenvalue weighted by Gasteiger charge is 1.84. The predicted molar refractivity (Wildman–Crippen MR) is 60.5 cm³/mol. The first kappa shape index (κ1) is 12.2. The van der Waals surface area contributed by atoms with Crippen LogP contribution in [-0.4, -0.2) is 0 Å². The summed E-state index contributed by atoms with van der Waals surface area (Å²) in [4.78, 5) is 0. The number of hydrogen-bond donors (Lipinski definition) is 0. The van der Waals surface area contributed by atoms with Gasteiger partial charge in [0, 0.05) is 0 Å². The van der Waals surface area contributed by atoms with E-state index in [9.17, 15) is 0 Å². The van der Waals surface area contributed by atoms with E-state index in [1.165, 1.54) is 25.7 Å². The second kappa shape index (κ2) is 11.2. The summed E-state index contributed by atoms with van der Waals surface area (Å²) < 4.78 is 0. The Bertz CT molecular complexity index is 142. The van der Waals surface area contributed by atoms with E-state index in [1.54, 1.807) is 6.08 Å². The van der Waals surface area contributed by atoms with E-state index in [1.807, 2.05) is 6.08 Å². The molecule has 0 saturated heterocycles. The van der Waals surface area contributed by atoms with Crippen molar-refractivity contribution in [2.24, 2.45) is 0 Å². The first-order valence-corrected chi connectivity index (χ1v) is 5.21. The summed E-state index contributed by atoms with van der Waals surface area (Å²) in [6, 6.07) is 0. The van der Waals surface area contributed by atoms with E-state index in [-0.39, 0.29) is 0 Å². The van der Waals surface area contributed by atoms with E-state index < -0.39 is 0 Å². The van der Waals surface area contributed by atoms with Crippen LogP contribution < -0.4 is 0 Å². The van der Waals surface area contributed by atoms with Crippen molar-refractivity contribution in [3.63, 3.8) is 0 Å². The van der Waals surface area contributed by atoms with Crippen LogP contribution in [0.5, 0.6) is 0 Å². The minimum atomic E-state index is 0.993. The summed E-state index contributed by atoms with van der Waals surface area (Å²) in [5.74, 6) is 0. The average molecular weight is 177 g/mol. The Balaban J connectivity index is 3.01. The third kappa shape index (κ3) is 11.2. The summed E-state index contributed by atoms with van der Waals surface area (Å²) in [7, 11) is 0. The molecular formula is C13H21. The topological polar surface area (TPSA) is 0 Å². The lowest BCUT2D eigenvalue weighted by Gasteiger charge is -1.94. The molecule has 13 heavy (non-hydrogen) atoms. The quantitative estimate of drug-likeness (QED) is 0.360. The van der Waals surface area contributed by atoms with Crippen LogP contribution in [0.3, 0.4) is 0 Å². The minimum absolute atomic E-state index is 0.993. The lowest BCUT2D eigenvalue weighted by atomic mass is 10.1. The summed E-state index contributed by atoms with van der Waals surface area (Å²) >= 11 is 0. The van der Waals surface area contributed by atoms with Gasteiger partial charge in [0.1, 0.15) is 0 Å². The first-order chi connectivity index (χ1) is 6.41. The Morgan fingerprint density at radius 2 is 1.54 bits per heavy atom. The van der Waals surface area contributed by atoms with E-state index in [4.69, 9.17) is 6.58 Å². The first-order valence-electron chi connectivity index (χ1n) is 5.21. The van der Waals surface area contributed by atoms with Crippen LogP contribution >= 0.6 is 0 Å². The van der Waals surface area contributed by atoms with Gasteiger partial charge >= 0.3 is 0 Å². The number of allylic oxidation sites excluding steroid dienone is 4. The summed E-state index contributed by atoms with van der Waals surface area (Å²) in [6.45, 7) is 8.96. The fraction of sp³-hybridized carbons (Fsp3) is 0.538. The Kier molecular flexibility index (Phi) is 10.5. The Morgan fingerprint density at radius 1 is 0.846 bits per heavy atom. The maximum absolute atomic E-state index is 5.26. The second-order valence-corrected chi connectivity index (χ2v) is 3.21. The second-order valence-electron chi connectivity index (χ2n) is 3.21. The lowest BCUT2D eigenvalue weighted by molar-refractivity contribution is 0.695. The van der Waals surface area contributed by atoms with Crippen molar-refractivity contribution in [2.45, 2.75) is 44.9 Å². The number of hydrogen-bond acceptors (Lipinski definition) is 0. The maximum atomic E-state index is 5.26. The average Bonchev–Trinajstić information content (AvgIpc) is 2.16. The number of unbranched alkanes of at least 4 members (excludes halogenated alkanes) is 5. The van der Waals surface area contributed by atoms with Crippen LogP contribution in [0, 0.1) is 6.58 Å². The van der Waals surface area contributed by atoms with Gasteiger partial charge in [-0.05, 0) is 38.5 Å². The van der Waals surface area contributed by atoms with Gasteiger partial charge in [-0.3, -0.25) is 0 Å². The van der Waals surface area contributed by atoms with Gasteiger partial charge in [0.25, 0.3) is 0 Å². The fourth-order valence-corrected chi connectivity index (χ4v) is 1.16. The molecule has 0 saturated carbocycles. The molecule has 0 heterocycles. The minimum Gasteiger partial charge on any atom is -0.103 e. The van der Waals surface area contributed by atoms with E-state index in [0.717, 1.165) is 19.3 Å². The van der Waals surface area contributed by atoms with Gasteiger partial charge in [0.2, 0.25) is 0 Å². The van der Waals surface area contributed by atoms with Crippen molar-refractivity contribution in [1.29, 1.82) is 0 Å². The molecule has 0 N–H and O–H groups in total. The monoisotopic (exact) mass is 177 g/mol. The van der Waals surface area contributed by atoms with Crippen molar-refractivity contribution in [3.8, 4) is 0 Å². The highest BCUT2D eigenvalue weighted by molar-refractivity contribution is 4.83. The van der Waals surface area contributed by atoms with Gasteiger partial charge in [0.15, 0.2) is 0 Å². The summed E-state index contributed by atoms with van der Waals surface area (Å²) in [5, 5.41) is 0. The molecule has 0 aromatic heterocycles. The van der Waals surface area contributed by atoms with Crippen molar-refractivity contribution in [1.82, 2.24) is 0 Å². The highest BCUT2D eigenvalue weighted by atomic mass is 13.9. The van der Waals surface area contributed by atoms with Crippen LogP contribution in [0.4, 0.5) is 0 Å². The standard InChI is InChI=1S/C13H21/c1-3-5-7-9-11-13-12-10-8-6-4-2/h1,3-4,9,11H,2,5-8,10,12-13H2. The molecular weight excluding hydrogens is 156 g/mol. The molecule has 0 nitrogen and oxygen atoms in total. The third-order valence-corrected chi connectivity index (χ3v) is 1.95. The van der Waals surface area contributed by atoms with Crippen LogP contribution in [0.25, 0.3) is 0 Å². The molecule has 0 rings (SSSR count).